The van der Waals surface area contributed by atoms with E-state index in [2.05, 4.69) is 20.9 Å². The Morgan fingerprint density at radius 3 is 2.72 bits per heavy atom. The van der Waals surface area contributed by atoms with Crippen molar-refractivity contribution in [2.45, 2.75) is 18.2 Å². The Morgan fingerprint density at radius 1 is 1.56 bits per heavy atom. The van der Waals surface area contributed by atoms with E-state index < -0.39 is 10.0 Å². The van der Waals surface area contributed by atoms with Crippen LogP contribution in [0.5, 0.6) is 0 Å². The molecule has 0 spiro atoms. The summed E-state index contributed by atoms with van der Waals surface area (Å²) < 4.78 is 26.6. The van der Waals surface area contributed by atoms with Gasteiger partial charge in [0.15, 0.2) is 0 Å². The van der Waals surface area contributed by atoms with Crippen LogP contribution in [0, 0.1) is 0 Å². The van der Waals surface area contributed by atoms with Crippen LogP contribution in [0.4, 0.5) is 0 Å². The van der Waals surface area contributed by atoms with Crippen LogP contribution in [-0.4, -0.2) is 35.8 Å². The fourth-order valence-electron chi connectivity index (χ4n) is 1.37. The number of hydrogen-bond donors (Lipinski definition) is 1. The molecular weight excluding hydrogens is 338 g/mol. The fourth-order valence-corrected chi connectivity index (χ4v) is 3.41. The van der Waals surface area contributed by atoms with Gasteiger partial charge in [0.2, 0.25) is 10.0 Å². The van der Waals surface area contributed by atoms with Crippen LogP contribution in [-0.2, 0) is 10.0 Å². The molecule has 0 unspecified atom stereocenters. The molecule has 0 amide bonds. The number of nitrogens with two attached hydrogens (primary N) is 1. The maximum atomic E-state index is 12.3. The van der Waals surface area contributed by atoms with E-state index in [-0.39, 0.29) is 11.4 Å². The van der Waals surface area contributed by atoms with Gasteiger partial charge in [-0.15, -0.1) is 0 Å². The number of nitrogens with zero attached hydrogens (tertiary/aromatic N) is 2. The van der Waals surface area contributed by atoms with Crippen molar-refractivity contribution in [2.75, 3.05) is 13.1 Å². The second kappa shape index (κ2) is 6.55. The monoisotopic (exact) mass is 351 g/mol. The van der Waals surface area contributed by atoms with Crippen LogP contribution in [0.1, 0.15) is 13.3 Å². The van der Waals surface area contributed by atoms with Crippen molar-refractivity contribution in [2.24, 2.45) is 5.73 Å². The number of hydrogen-bond acceptors (Lipinski definition) is 4. The summed E-state index contributed by atoms with van der Waals surface area (Å²) in [4.78, 5) is 4.32. The minimum atomic E-state index is -3.54. The first-order chi connectivity index (χ1) is 8.37. The number of sulfonamides is 1. The van der Waals surface area contributed by atoms with Gasteiger partial charge in [0.1, 0.15) is 4.90 Å². The lowest BCUT2D eigenvalue weighted by atomic mass is 10.4. The van der Waals surface area contributed by atoms with Gasteiger partial charge in [0.05, 0.1) is 4.99 Å². The van der Waals surface area contributed by atoms with Crippen LogP contribution >= 0.6 is 28.1 Å². The van der Waals surface area contributed by atoms with E-state index in [1.807, 2.05) is 0 Å². The van der Waals surface area contributed by atoms with Gasteiger partial charge in [-0.1, -0.05) is 19.1 Å². The number of pyridine rings is 1. The third kappa shape index (κ3) is 3.98. The summed E-state index contributed by atoms with van der Waals surface area (Å²) >= 11 is 7.96. The van der Waals surface area contributed by atoms with Crippen molar-refractivity contribution in [3.63, 3.8) is 0 Å². The molecule has 0 saturated carbocycles. The average molecular weight is 352 g/mol. The molecule has 1 rings (SSSR count). The first kappa shape index (κ1) is 15.5. The van der Waals surface area contributed by atoms with Gasteiger partial charge in [-0.2, -0.15) is 4.31 Å². The van der Waals surface area contributed by atoms with E-state index >= 15 is 0 Å². The average Bonchev–Trinajstić information content (AvgIpc) is 2.29. The Balaban J connectivity index is 2.99. The second-order valence-electron chi connectivity index (χ2n) is 3.55. The number of thiocarbonyl (C=S) groups is 1. The lowest BCUT2D eigenvalue weighted by molar-refractivity contribution is 0.437. The third-order valence-corrected chi connectivity index (χ3v) is 4.86. The van der Waals surface area contributed by atoms with Gasteiger partial charge in [-0.25, -0.2) is 8.42 Å². The van der Waals surface area contributed by atoms with Crippen molar-refractivity contribution >= 4 is 43.2 Å². The van der Waals surface area contributed by atoms with Crippen LogP contribution in [0.15, 0.2) is 27.8 Å². The number of rotatable bonds is 6. The fraction of sp³-hybridized carbons (Fsp3) is 0.400. The predicted octanol–water partition coefficient (Wildman–Crippen LogP) is 1.53. The molecule has 100 valence electrons. The molecule has 5 nitrogen and oxygen atoms in total. The van der Waals surface area contributed by atoms with Crippen molar-refractivity contribution < 1.29 is 8.42 Å². The molecule has 0 aromatic carbocycles. The van der Waals surface area contributed by atoms with Crippen molar-refractivity contribution in [1.82, 2.24) is 9.29 Å². The van der Waals surface area contributed by atoms with Crippen molar-refractivity contribution in [3.05, 3.63) is 22.9 Å². The largest absolute Gasteiger partial charge is 0.393 e. The zero-order valence-corrected chi connectivity index (χ0v) is 13.1. The first-order valence-corrected chi connectivity index (χ1v) is 7.91. The van der Waals surface area contributed by atoms with Crippen molar-refractivity contribution in [1.29, 1.82) is 0 Å². The van der Waals surface area contributed by atoms with Crippen molar-refractivity contribution in [3.8, 4) is 0 Å². The lowest BCUT2D eigenvalue weighted by Crippen LogP contribution is -2.33. The van der Waals surface area contributed by atoms with E-state index in [0.717, 1.165) is 0 Å². The van der Waals surface area contributed by atoms with Crippen LogP contribution in [0.25, 0.3) is 0 Å². The molecule has 0 aliphatic rings. The summed E-state index contributed by atoms with van der Waals surface area (Å²) in [6.45, 7) is 2.40. The standard InChI is InChI=1S/C10H14BrN3O2S2/c1-2-14(4-3-10(12)17)18(15,16)9-5-8(11)6-13-7-9/h5-7H,2-4H2,1H3,(H2,12,17). The smallest absolute Gasteiger partial charge is 0.244 e. The highest BCUT2D eigenvalue weighted by atomic mass is 79.9. The summed E-state index contributed by atoms with van der Waals surface area (Å²) in [7, 11) is -3.54. The highest BCUT2D eigenvalue weighted by Gasteiger charge is 2.23. The third-order valence-electron chi connectivity index (χ3n) is 2.28. The van der Waals surface area contributed by atoms with Gasteiger partial charge >= 0.3 is 0 Å². The highest BCUT2D eigenvalue weighted by molar-refractivity contribution is 9.10. The second-order valence-corrected chi connectivity index (χ2v) is 6.93. The molecule has 0 radical (unpaired) electrons. The molecule has 2 N–H and O–H groups in total. The van der Waals surface area contributed by atoms with E-state index in [9.17, 15) is 8.42 Å². The van der Waals surface area contributed by atoms with E-state index in [1.165, 1.54) is 22.8 Å². The van der Waals surface area contributed by atoms with Crippen LogP contribution in [0.3, 0.4) is 0 Å². The topological polar surface area (TPSA) is 76.3 Å². The maximum absolute atomic E-state index is 12.3. The molecule has 18 heavy (non-hydrogen) atoms. The summed E-state index contributed by atoms with van der Waals surface area (Å²) in [5.74, 6) is 0. The quantitative estimate of drug-likeness (QED) is 0.786. The summed E-state index contributed by atoms with van der Waals surface area (Å²) in [5, 5.41) is 0. The Labute approximate surface area is 121 Å². The van der Waals surface area contributed by atoms with Gasteiger partial charge in [0, 0.05) is 36.4 Å². The molecule has 1 aromatic rings. The molecule has 1 heterocycles. The molecule has 0 atom stereocenters. The summed E-state index contributed by atoms with van der Waals surface area (Å²) in [6, 6.07) is 1.52. The molecule has 8 heteroatoms. The molecule has 0 fully saturated rings. The summed E-state index contributed by atoms with van der Waals surface area (Å²) in [5.41, 5.74) is 5.39. The Bertz CT molecular complexity index is 534. The maximum Gasteiger partial charge on any atom is 0.244 e. The zero-order valence-electron chi connectivity index (χ0n) is 9.84. The van der Waals surface area contributed by atoms with E-state index in [0.29, 0.717) is 22.4 Å². The molecule has 0 aliphatic carbocycles. The van der Waals surface area contributed by atoms with Crippen LogP contribution in [0.2, 0.25) is 0 Å². The van der Waals surface area contributed by atoms with Gasteiger partial charge in [0.25, 0.3) is 0 Å². The molecule has 0 saturated heterocycles. The number of halogens is 1. The highest BCUT2D eigenvalue weighted by Crippen LogP contribution is 2.18. The minimum Gasteiger partial charge on any atom is -0.393 e. The normalized spacial score (nSPS) is 11.7. The molecule has 0 bridgehead atoms. The van der Waals surface area contributed by atoms with E-state index in [4.69, 9.17) is 18.0 Å². The van der Waals surface area contributed by atoms with E-state index in [1.54, 1.807) is 6.92 Å². The molecule has 0 aliphatic heterocycles. The minimum absolute atomic E-state index is 0.154. The van der Waals surface area contributed by atoms with Crippen LogP contribution < -0.4 is 5.73 Å². The SMILES string of the molecule is CCN(CCC(N)=S)S(=O)(=O)c1cncc(Br)c1. The lowest BCUT2D eigenvalue weighted by Gasteiger charge is -2.20. The first-order valence-electron chi connectivity index (χ1n) is 5.27. The predicted molar refractivity (Wildman–Crippen MR) is 77.8 cm³/mol. The summed E-state index contributed by atoms with van der Waals surface area (Å²) in [6.07, 6.45) is 3.22. The Morgan fingerprint density at radius 2 is 2.22 bits per heavy atom. The molecule has 1 aromatic heterocycles. The Kier molecular flexibility index (Phi) is 5.64. The van der Waals surface area contributed by atoms with Gasteiger partial charge in [-0.05, 0) is 22.0 Å². The van der Waals surface area contributed by atoms with Gasteiger partial charge in [-0.3, -0.25) is 4.98 Å². The van der Waals surface area contributed by atoms with Gasteiger partial charge < -0.3 is 5.73 Å². The Hall–Kier alpha value is -0.570. The number of aromatic nitrogens is 1. The molecular formula is C10H14BrN3O2S2. The zero-order chi connectivity index (χ0) is 13.8.